The van der Waals surface area contributed by atoms with Crippen molar-refractivity contribution in [2.45, 2.75) is 58.7 Å². The van der Waals surface area contributed by atoms with Gasteiger partial charge in [-0.25, -0.2) is 13.8 Å². The molecule has 0 atom stereocenters. The van der Waals surface area contributed by atoms with Crippen LogP contribution >= 0.6 is 0 Å². The standard InChI is InChI=1S/C14H27F2N3O/c1-5-17-13(18-10-12(15)16)19-8-6-11(7-9-19)20-14(2,3)4/h11-12H,5-10H2,1-4H3,(H,17,18). The molecule has 20 heavy (non-hydrogen) atoms. The lowest BCUT2D eigenvalue weighted by atomic mass is 10.1. The number of alkyl halides is 2. The van der Waals surface area contributed by atoms with E-state index in [2.05, 4.69) is 10.3 Å². The van der Waals surface area contributed by atoms with E-state index in [9.17, 15) is 8.78 Å². The second-order valence-electron chi connectivity index (χ2n) is 6.00. The molecule has 1 N–H and O–H groups in total. The summed E-state index contributed by atoms with van der Waals surface area (Å²) in [6, 6.07) is 0. The predicted molar refractivity (Wildman–Crippen MR) is 77.4 cm³/mol. The number of halogens is 2. The second-order valence-corrected chi connectivity index (χ2v) is 6.00. The molecule has 0 unspecified atom stereocenters. The van der Waals surface area contributed by atoms with E-state index in [0.717, 1.165) is 25.9 Å². The van der Waals surface area contributed by atoms with Crippen LogP contribution in [0.1, 0.15) is 40.5 Å². The van der Waals surface area contributed by atoms with Gasteiger partial charge in [-0.3, -0.25) is 0 Å². The molecule has 6 heteroatoms. The molecule has 1 rings (SSSR count). The zero-order valence-electron chi connectivity index (χ0n) is 13.0. The average Bonchev–Trinajstić information content (AvgIpc) is 2.33. The SMILES string of the molecule is CCNC(=NCC(F)F)N1CCC(OC(C)(C)C)CC1. The highest BCUT2D eigenvalue weighted by atomic mass is 19.3. The highest BCUT2D eigenvalue weighted by molar-refractivity contribution is 5.80. The van der Waals surface area contributed by atoms with Gasteiger partial charge in [0.25, 0.3) is 6.43 Å². The van der Waals surface area contributed by atoms with Crippen molar-refractivity contribution in [1.82, 2.24) is 10.2 Å². The Morgan fingerprint density at radius 1 is 1.35 bits per heavy atom. The first-order valence-corrected chi connectivity index (χ1v) is 7.31. The van der Waals surface area contributed by atoms with E-state index in [4.69, 9.17) is 4.74 Å². The minimum Gasteiger partial charge on any atom is -0.372 e. The van der Waals surface area contributed by atoms with Crippen molar-refractivity contribution < 1.29 is 13.5 Å². The molecule has 1 aliphatic rings. The fourth-order valence-corrected chi connectivity index (χ4v) is 2.27. The number of nitrogens with one attached hydrogen (secondary N) is 1. The molecule has 1 fully saturated rings. The van der Waals surface area contributed by atoms with Crippen molar-refractivity contribution >= 4 is 5.96 Å². The van der Waals surface area contributed by atoms with Gasteiger partial charge in [0.2, 0.25) is 0 Å². The molecule has 0 aromatic heterocycles. The zero-order valence-corrected chi connectivity index (χ0v) is 13.0. The van der Waals surface area contributed by atoms with Crippen LogP contribution in [0, 0.1) is 0 Å². The molecule has 1 saturated heterocycles. The average molecular weight is 291 g/mol. The molecule has 1 heterocycles. The summed E-state index contributed by atoms with van der Waals surface area (Å²) in [5.74, 6) is 0.585. The molecule has 0 amide bonds. The van der Waals surface area contributed by atoms with Gasteiger partial charge >= 0.3 is 0 Å². The lowest BCUT2D eigenvalue weighted by molar-refractivity contribution is -0.0773. The normalized spacial score (nSPS) is 18.8. The summed E-state index contributed by atoms with van der Waals surface area (Å²) >= 11 is 0. The van der Waals surface area contributed by atoms with Gasteiger partial charge in [0.15, 0.2) is 5.96 Å². The Balaban J connectivity index is 2.50. The number of guanidine groups is 1. The molecule has 0 spiro atoms. The van der Waals surface area contributed by atoms with Crippen LogP contribution in [0.5, 0.6) is 0 Å². The van der Waals surface area contributed by atoms with Gasteiger partial charge in [-0.05, 0) is 40.5 Å². The van der Waals surface area contributed by atoms with Crippen molar-refractivity contribution in [1.29, 1.82) is 0 Å². The van der Waals surface area contributed by atoms with Crippen molar-refractivity contribution in [3.05, 3.63) is 0 Å². The summed E-state index contributed by atoms with van der Waals surface area (Å²) in [6.45, 7) is 9.90. The highest BCUT2D eigenvalue weighted by Crippen LogP contribution is 2.20. The van der Waals surface area contributed by atoms with E-state index in [-0.39, 0.29) is 11.7 Å². The maximum absolute atomic E-state index is 12.3. The summed E-state index contributed by atoms with van der Waals surface area (Å²) in [5.41, 5.74) is -0.138. The Labute approximate surface area is 120 Å². The number of likely N-dealkylation sites (tertiary alicyclic amines) is 1. The van der Waals surface area contributed by atoms with E-state index < -0.39 is 13.0 Å². The zero-order chi connectivity index (χ0) is 15.2. The molecular weight excluding hydrogens is 264 g/mol. The molecular formula is C14H27F2N3O. The first kappa shape index (κ1) is 17.1. The Hall–Kier alpha value is -0.910. The van der Waals surface area contributed by atoms with Gasteiger partial charge in [0.05, 0.1) is 11.7 Å². The first-order chi connectivity index (χ1) is 9.31. The summed E-state index contributed by atoms with van der Waals surface area (Å²) in [4.78, 5) is 6.01. The van der Waals surface area contributed by atoms with Gasteiger partial charge in [0, 0.05) is 19.6 Å². The number of rotatable bonds is 4. The van der Waals surface area contributed by atoms with Crippen LogP contribution in [0.2, 0.25) is 0 Å². The fourth-order valence-electron chi connectivity index (χ4n) is 2.27. The van der Waals surface area contributed by atoms with Crippen molar-refractivity contribution in [3.8, 4) is 0 Å². The number of piperidine rings is 1. The third kappa shape index (κ3) is 6.50. The van der Waals surface area contributed by atoms with Crippen LogP contribution in [0.3, 0.4) is 0 Å². The van der Waals surface area contributed by atoms with Crippen LogP contribution < -0.4 is 5.32 Å². The van der Waals surface area contributed by atoms with Crippen LogP contribution in [-0.4, -0.2) is 55.2 Å². The molecule has 0 aliphatic carbocycles. The van der Waals surface area contributed by atoms with Crippen molar-refractivity contribution in [2.75, 3.05) is 26.2 Å². The van der Waals surface area contributed by atoms with E-state index in [0.29, 0.717) is 12.5 Å². The monoisotopic (exact) mass is 291 g/mol. The summed E-state index contributed by atoms with van der Waals surface area (Å²) in [6.07, 6.45) is -0.359. The fraction of sp³-hybridized carbons (Fsp3) is 0.929. The lowest BCUT2D eigenvalue weighted by Crippen LogP contribution is -2.48. The minimum atomic E-state index is -2.40. The summed E-state index contributed by atoms with van der Waals surface area (Å²) in [5, 5.41) is 3.07. The smallest absolute Gasteiger partial charge is 0.257 e. The number of nitrogens with zero attached hydrogens (tertiary/aromatic N) is 2. The van der Waals surface area contributed by atoms with Crippen LogP contribution in [0.15, 0.2) is 4.99 Å². The Morgan fingerprint density at radius 2 is 1.95 bits per heavy atom. The van der Waals surface area contributed by atoms with Crippen molar-refractivity contribution in [2.24, 2.45) is 4.99 Å². The molecule has 0 radical (unpaired) electrons. The number of hydrogen-bond acceptors (Lipinski definition) is 2. The molecule has 0 aromatic carbocycles. The quantitative estimate of drug-likeness (QED) is 0.639. The molecule has 118 valence electrons. The molecule has 0 saturated carbocycles. The van der Waals surface area contributed by atoms with Gasteiger partial charge in [-0.2, -0.15) is 0 Å². The number of ether oxygens (including phenoxy) is 1. The van der Waals surface area contributed by atoms with Gasteiger partial charge < -0.3 is 15.0 Å². The first-order valence-electron chi connectivity index (χ1n) is 7.31. The maximum atomic E-state index is 12.3. The highest BCUT2D eigenvalue weighted by Gasteiger charge is 2.25. The molecule has 0 bridgehead atoms. The minimum absolute atomic E-state index is 0.138. The summed E-state index contributed by atoms with van der Waals surface area (Å²) < 4.78 is 30.5. The van der Waals surface area contributed by atoms with Crippen LogP contribution in [0.25, 0.3) is 0 Å². The van der Waals surface area contributed by atoms with Gasteiger partial charge in [0.1, 0.15) is 6.54 Å². The Bertz CT molecular complexity index is 308. The Kier molecular flexibility index (Phi) is 6.65. The van der Waals surface area contributed by atoms with Crippen LogP contribution in [0.4, 0.5) is 8.78 Å². The van der Waals surface area contributed by atoms with E-state index in [1.165, 1.54) is 0 Å². The van der Waals surface area contributed by atoms with Crippen LogP contribution in [-0.2, 0) is 4.74 Å². The van der Waals surface area contributed by atoms with E-state index >= 15 is 0 Å². The lowest BCUT2D eigenvalue weighted by Gasteiger charge is -2.37. The maximum Gasteiger partial charge on any atom is 0.257 e. The van der Waals surface area contributed by atoms with Crippen molar-refractivity contribution in [3.63, 3.8) is 0 Å². The molecule has 0 aromatic rings. The third-order valence-corrected chi connectivity index (χ3v) is 2.98. The summed E-state index contributed by atoms with van der Waals surface area (Å²) in [7, 11) is 0. The number of hydrogen-bond donors (Lipinski definition) is 1. The Morgan fingerprint density at radius 3 is 2.40 bits per heavy atom. The number of aliphatic imine (C=N–C) groups is 1. The van der Waals surface area contributed by atoms with E-state index in [1.807, 2.05) is 32.6 Å². The molecule has 4 nitrogen and oxygen atoms in total. The van der Waals surface area contributed by atoms with Gasteiger partial charge in [-0.1, -0.05) is 0 Å². The largest absolute Gasteiger partial charge is 0.372 e. The topological polar surface area (TPSA) is 36.9 Å². The second kappa shape index (κ2) is 7.76. The third-order valence-electron chi connectivity index (χ3n) is 2.98. The van der Waals surface area contributed by atoms with Gasteiger partial charge in [-0.15, -0.1) is 0 Å². The van der Waals surface area contributed by atoms with E-state index in [1.54, 1.807) is 0 Å². The molecule has 1 aliphatic heterocycles. The predicted octanol–water partition coefficient (Wildman–Crippen LogP) is 2.50.